The largest absolute Gasteiger partial charge is 0.481 e. The van der Waals surface area contributed by atoms with Crippen LogP contribution in [0.4, 0.5) is 0 Å². The van der Waals surface area contributed by atoms with E-state index in [4.69, 9.17) is 5.11 Å². The van der Waals surface area contributed by atoms with E-state index in [9.17, 15) is 4.79 Å². The van der Waals surface area contributed by atoms with E-state index in [1.54, 1.807) is 11.3 Å². The van der Waals surface area contributed by atoms with Crippen molar-refractivity contribution in [1.29, 1.82) is 0 Å². The molecule has 0 saturated heterocycles. The lowest BCUT2D eigenvalue weighted by Gasteiger charge is -2.11. The molecule has 0 saturated carbocycles. The molecular formula is C10H16N2O2S. The Labute approximate surface area is 93.4 Å². The van der Waals surface area contributed by atoms with Crippen molar-refractivity contribution in [3.63, 3.8) is 0 Å². The second-order valence-corrected chi connectivity index (χ2v) is 4.90. The van der Waals surface area contributed by atoms with E-state index in [2.05, 4.69) is 10.3 Å². The van der Waals surface area contributed by atoms with Crippen LogP contribution < -0.4 is 5.32 Å². The summed E-state index contributed by atoms with van der Waals surface area (Å²) >= 11 is 1.67. The molecule has 0 fully saturated rings. The number of thiazole rings is 1. The second kappa shape index (κ2) is 5.23. The summed E-state index contributed by atoms with van der Waals surface area (Å²) < 4.78 is 0. The lowest BCUT2D eigenvalue weighted by molar-refractivity contribution is -0.136. The minimum atomic E-state index is -0.777. The topological polar surface area (TPSA) is 62.2 Å². The first kappa shape index (κ1) is 12.1. The Bertz CT molecular complexity index is 349. The van der Waals surface area contributed by atoms with Crippen molar-refractivity contribution in [3.05, 3.63) is 15.6 Å². The van der Waals surface area contributed by atoms with Gasteiger partial charge in [-0.05, 0) is 20.8 Å². The van der Waals surface area contributed by atoms with Crippen LogP contribution in [-0.2, 0) is 4.79 Å². The van der Waals surface area contributed by atoms with Gasteiger partial charge >= 0.3 is 5.97 Å². The second-order valence-electron chi connectivity index (χ2n) is 3.49. The summed E-state index contributed by atoms with van der Waals surface area (Å²) in [6, 6.07) is 0.120. The van der Waals surface area contributed by atoms with E-state index in [0.717, 1.165) is 10.7 Å². The summed E-state index contributed by atoms with van der Waals surface area (Å²) in [5, 5.41) is 12.7. The number of carboxylic acids is 1. The molecule has 0 aliphatic carbocycles. The number of aromatic nitrogens is 1. The Kier molecular flexibility index (Phi) is 4.23. The van der Waals surface area contributed by atoms with Crippen LogP contribution in [0.5, 0.6) is 0 Å². The smallest absolute Gasteiger partial charge is 0.304 e. The Morgan fingerprint density at radius 2 is 2.27 bits per heavy atom. The van der Waals surface area contributed by atoms with E-state index in [-0.39, 0.29) is 12.5 Å². The summed E-state index contributed by atoms with van der Waals surface area (Å²) in [7, 11) is 0. The van der Waals surface area contributed by atoms with Crippen LogP contribution >= 0.6 is 11.3 Å². The Balaban J connectivity index is 2.50. The first-order valence-corrected chi connectivity index (χ1v) is 5.71. The third-order valence-corrected chi connectivity index (χ3v) is 3.04. The van der Waals surface area contributed by atoms with Crippen molar-refractivity contribution in [1.82, 2.24) is 10.3 Å². The Hall–Kier alpha value is -0.940. The first-order valence-electron chi connectivity index (χ1n) is 4.90. The zero-order chi connectivity index (χ0) is 11.4. The lowest BCUT2D eigenvalue weighted by atomic mass is 10.2. The van der Waals surface area contributed by atoms with Crippen molar-refractivity contribution in [2.75, 3.05) is 6.54 Å². The molecule has 1 unspecified atom stereocenters. The van der Waals surface area contributed by atoms with Crippen molar-refractivity contribution >= 4 is 17.3 Å². The minimum absolute atomic E-state index is 0.120. The number of aryl methyl sites for hydroxylation is 2. The number of nitrogens with one attached hydrogen (secondary N) is 1. The fraction of sp³-hybridized carbons (Fsp3) is 0.600. The van der Waals surface area contributed by atoms with E-state index in [1.807, 2.05) is 20.8 Å². The highest BCUT2D eigenvalue weighted by molar-refractivity contribution is 7.11. The maximum Gasteiger partial charge on any atom is 0.304 e. The predicted octanol–water partition coefficient (Wildman–Crippen LogP) is 1.89. The maximum atomic E-state index is 10.3. The van der Waals surface area contributed by atoms with Crippen molar-refractivity contribution in [2.24, 2.45) is 0 Å². The molecule has 5 heteroatoms. The van der Waals surface area contributed by atoms with Crippen molar-refractivity contribution in [3.8, 4) is 0 Å². The predicted molar refractivity (Wildman–Crippen MR) is 60.3 cm³/mol. The average molecular weight is 228 g/mol. The molecule has 1 atom stereocenters. The van der Waals surface area contributed by atoms with Gasteiger partial charge in [-0.15, -0.1) is 11.3 Å². The van der Waals surface area contributed by atoms with Crippen LogP contribution in [0.25, 0.3) is 0 Å². The van der Waals surface area contributed by atoms with Crippen LogP contribution in [0.15, 0.2) is 0 Å². The summed E-state index contributed by atoms with van der Waals surface area (Å²) in [6.45, 7) is 6.50. The molecule has 84 valence electrons. The minimum Gasteiger partial charge on any atom is -0.481 e. The third-order valence-electron chi connectivity index (χ3n) is 2.14. The number of nitrogens with zero attached hydrogens (tertiary/aromatic N) is 1. The molecule has 15 heavy (non-hydrogen) atoms. The van der Waals surface area contributed by atoms with Crippen LogP contribution in [0.2, 0.25) is 0 Å². The fourth-order valence-corrected chi connectivity index (χ4v) is 2.35. The first-order chi connectivity index (χ1) is 7.00. The van der Waals surface area contributed by atoms with Gasteiger partial charge in [0.05, 0.1) is 17.1 Å². The van der Waals surface area contributed by atoms with Gasteiger partial charge in [-0.2, -0.15) is 0 Å². The SMILES string of the molecule is Cc1nc(C(C)NCCC(=O)O)c(C)s1. The maximum absolute atomic E-state index is 10.3. The van der Waals surface area contributed by atoms with Gasteiger partial charge in [0, 0.05) is 17.5 Å². The normalized spacial score (nSPS) is 12.7. The Morgan fingerprint density at radius 3 is 2.73 bits per heavy atom. The van der Waals surface area contributed by atoms with Crippen LogP contribution in [0.3, 0.4) is 0 Å². The van der Waals surface area contributed by atoms with Gasteiger partial charge in [-0.25, -0.2) is 4.98 Å². The van der Waals surface area contributed by atoms with E-state index in [1.165, 1.54) is 4.88 Å². The molecule has 4 nitrogen and oxygen atoms in total. The lowest BCUT2D eigenvalue weighted by Crippen LogP contribution is -2.22. The van der Waals surface area contributed by atoms with Gasteiger partial charge in [0.1, 0.15) is 0 Å². The van der Waals surface area contributed by atoms with Crippen LogP contribution in [0, 0.1) is 13.8 Å². The molecule has 0 amide bonds. The highest BCUT2D eigenvalue weighted by atomic mass is 32.1. The Morgan fingerprint density at radius 1 is 1.60 bits per heavy atom. The number of hydrogen-bond donors (Lipinski definition) is 2. The number of hydrogen-bond acceptors (Lipinski definition) is 4. The molecule has 1 aromatic heterocycles. The van der Waals surface area contributed by atoms with E-state index >= 15 is 0 Å². The molecular weight excluding hydrogens is 212 g/mol. The summed E-state index contributed by atoms with van der Waals surface area (Å²) in [5.41, 5.74) is 1.03. The molecule has 0 aliphatic heterocycles. The van der Waals surface area contributed by atoms with Crippen LogP contribution in [-0.4, -0.2) is 22.6 Å². The average Bonchev–Trinajstić information content (AvgIpc) is 2.44. The van der Waals surface area contributed by atoms with Crippen molar-refractivity contribution in [2.45, 2.75) is 33.2 Å². The summed E-state index contributed by atoms with van der Waals surface area (Å²) in [6.07, 6.45) is 0.145. The molecule has 1 heterocycles. The molecule has 2 N–H and O–H groups in total. The standard InChI is InChI=1S/C10H16N2O2S/c1-6(11-5-4-9(13)14)10-7(2)15-8(3)12-10/h6,11H,4-5H2,1-3H3,(H,13,14). The zero-order valence-electron chi connectivity index (χ0n) is 9.20. The van der Waals surface area contributed by atoms with Gasteiger partial charge < -0.3 is 10.4 Å². The number of rotatable bonds is 5. The number of carbonyl (C=O) groups is 1. The summed E-state index contributed by atoms with van der Waals surface area (Å²) in [4.78, 5) is 15.9. The highest BCUT2D eigenvalue weighted by Crippen LogP contribution is 2.22. The summed E-state index contributed by atoms with van der Waals surface area (Å²) in [5.74, 6) is -0.777. The van der Waals surface area contributed by atoms with Gasteiger partial charge in [-0.3, -0.25) is 4.79 Å². The molecule has 0 aromatic carbocycles. The van der Waals surface area contributed by atoms with Gasteiger partial charge in [0.15, 0.2) is 0 Å². The quantitative estimate of drug-likeness (QED) is 0.807. The van der Waals surface area contributed by atoms with Gasteiger partial charge in [0.2, 0.25) is 0 Å². The highest BCUT2D eigenvalue weighted by Gasteiger charge is 2.12. The monoisotopic (exact) mass is 228 g/mol. The number of aliphatic carboxylic acids is 1. The molecule has 0 aliphatic rings. The van der Waals surface area contributed by atoms with Crippen LogP contribution in [0.1, 0.15) is 35.0 Å². The zero-order valence-corrected chi connectivity index (χ0v) is 10.0. The van der Waals surface area contributed by atoms with Gasteiger partial charge in [-0.1, -0.05) is 0 Å². The van der Waals surface area contributed by atoms with E-state index in [0.29, 0.717) is 6.54 Å². The molecule has 1 rings (SSSR count). The van der Waals surface area contributed by atoms with E-state index < -0.39 is 5.97 Å². The van der Waals surface area contributed by atoms with Gasteiger partial charge in [0.25, 0.3) is 0 Å². The third kappa shape index (κ3) is 3.60. The molecule has 0 spiro atoms. The molecule has 0 bridgehead atoms. The fourth-order valence-electron chi connectivity index (χ4n) is 1.44. The molecule has 0 radical (unpaired) electrons. The number of carboxylic acid groups (broad SMARTS) is 1. The van der Waals surface area contributed by atoms with Crippen molar-refractivity contribution < 1.29 is 9.90 Å². The molecule has 1 aromatic rings.